The van der Waals surface area contributed by atoms with E-state index in [2.05, 4.69) is 32.2 Å². The fraction of sp³-hybridized carbons (Fsp3) is 0.0667. The van der Waals surface area contributed by atoms with Crippen LogP contribution in [0.15, 0.2) is 85.5 Å². The first-order chi connectivity index (χ1) is 18.5. The number of nitrogens with zero attached hydrogens (tertiary/aromatic N) is 5. The highest BCUT2D eigenvalue weighted by molar-refractivity contribution is 6.06. The molecule has 0 unspecified atom stereocenters. The minimum Gasteiger partial charge on any atom is -0.350 e. The van der Waals surface area contributed by atoms with Crippen molar-refractivity contribution in [3.63, 3.8) is 0 Å². The summed E-state index contributed by atoms with van der Waals surface area (Å²) in [5.41, 5.74) is 6.23. The van der Waals surface area contributed by atoms with Crippen LogP contribution in [0.2, 0.25) is 0 Å². The number of carbonyl (C=O) groups is 1. The molecule has 8 heteroatoms. The van der Waals surface area contributed by atoms with Crippen LogP contribution in [0.5, 0.6) is 0 Å². The van der Waals surface area contributed by atoms with Crippen LogP contribution in [0, 0.1) is 24.7 Å². The highest BCUT2D eigenvalue weighted by Crippen LogP contribution is 2.32. The lowest BCUT2D eigenvalue weighted by molar-refractivity contribution is 0.102. The monoisotopic (exact) mass is 500 g/mol. The number of imidazole rings is 1. The number of fused-ring (bicyclic) bond motifs is 2. The molecule has 1 amide bonds. The van der Waals surface area contributed by atoms with Gasteiger partial charge in [-0.1, -0.05) is 18.1 Å². The molecule has 0 saturated carbocycles. The van der Waals surface area contributed by atoms with Crippen LogP contribution in [0.3, 0.4) is 0 Å². The smallest absolute Gasteiger partial charge is 0.255 e. The van der Waals surface area contributed by atoms with Gasteiger partial charge >= 0.3 is 0 Å². The van der Waals surface area contributed by atoms with E-state index in [0.29, 0.717) is 22.5 Å². The van der Waals surface area contributed by atoms with E-state index in [1.807, 2.05) is 61.1 Å². The zero-order chi connectivity index (χ0) is 26.2. The number of hydrogen-bond acceptors (Lipinski definition) is 4. The molecule has 0 atom stereocenters. The molecule has 0 radical (unpaired) electrons. The van der Waals surface area contributed by atoms with Crippen molar-refractivity contribution in [2.45, 2.75) is 6.92 Å². The van der Waals surface area contributed by atoms with Gasteiger partial charge in [-0.15, -0.1) is 0 Å². The Kier molecular flexibility index (Phi) is 5.66. The minimum atomic E-state index is -0.520. The number of carbonyl (C=O) groups excluding carboxylic acids is 1. The van der Waals surface area contributed by atoms with Crippen LogP contribution in [-0.2, 0) is 7.05 Å². The average molecular weight is 501 g/mol. The molecule has 4 heterocycles. The van der Waals surface area contributed by atoms with E-state index in [9.17, 15) is 9.18 Å². The van der Waals surface area contributed by atoms with E-state index in [4.69, 9.17) is 0 Å². The van der Waals surface area contributed by atoms with E-state index in [1.54, 1.807) is 41.2 Å². The van der Waals surface area contributed by atoms with Gasteiger partial charge in [0.15, 0.2) is 5.65 Å². The molecule has 4 aromatic heterocycles. The first kappa shape index (κ1) is 23.1. The lowest BCUT2D eigenvalue weighted by atomic mass is 10.0. The summed E-state index contributed by atoms with van der Waals surface area (Å²) in [5.74, 6) is 5.49. The summed E-state index contributed by atoms with van der Waals surface area (Å²) < 4.78 is 17.9. The summed E-state index contributed by atoms with van der Waals surface area (Å²) in [6.45, 7) is 1.95. The molecular weight excluding hydrogens is 479 g/mol. The Hall–Kier alpha value is -5.29. The third-order valence-electron chi connectivity index (χ3n) is 6.40. The zero-order valence-corrected chi connectivity index (χ0v) is 20.6. The van der Waals surface area contributed by atoms with Crippen molar-refractivity contribution < 1.29 is 9.18 Å². The first-order valence-electron chi connectivity index (χ1n) is 11.9. The lowest BCUT2D eigenvalue weighted by Crippen LogP contribution is -2.12. The van der Waals surface area contributed by atoms with Gasteiger partial charge in [-0.2, -0.15) is 9.49 Å². The maximum absolute atomic E-state index is 14.3. The van der Waals surface area contributed by atoms with Crippen LogP contribution in [0.25, 0.3) is 27.7 Å². The van der Waals surface area contributed by atoms with Crippen LogP contribution in [0.4, 0.5) is 10.1 Å². The van der Waals surface area contributed by atoms with Crippen molar-refractivity contribution in [1.82, 2.24) is 24.1 Å². The number of hydrogen-bond donors (Lipinski definition) is 1. The van der Waals surface area contributed by atoms with Crippen molar-refractivity contribution in [3.8, 4) is 23.0 Å². The lowest BCUT2D eigenvalue weighted by Gasteiger charge is -2.08. The van der Waals surface area contributed by atoms with Crippen LogP contribution >= 0.6 is 0 Å². The SMILES string of the molecule is Cc1ccc(C(=O)Nc2ccc3c(-c4cccnc4F)cn(C)c3c2)cc1C#Cc1cnc2cccnn12. The van der Waals surface area contributed by atoms with Crippen LogP contribution in [0.1, 0.15) is 27.2 Å². The molecule has 0 saturated heterocycles. The Morgan fingerprint density at radius 1 is 0.974 bits per heavy atom. The molecule has 0 spiro atoms. The Morgan fingerprint density at radius 3 is 2.71 bits per heavy atom. The fourth-order valence-electron chi connectivity index (χ4n) is 4.41. The van der Waals surface area contributed by atoms with Gasteiger partial charge in [0.05, 0.1) is 11.7 Å². The summed E-state index contributed by atoms with van der Waals surface area (Å²) in [7, 11) is 1.88. The summed E-state index contributed by atoms with van der Waals surface area (Å²) in [6, 6.07) is 18.1. The van der Waals surface area contributed by atoms with Gasteiger partial charge in [-0.3, -0.25) is 4.79 Å². The van der Waals surface area contributed by atoms with E-state index < -0.39 is 5.95 Å². The predicted molar refractivity (Wildman–Crippen MR) is 144 cm³/mol. The van der Waals surface area contributed by atoms with Crippen molar-refractivity contribution in [3.05, 3.63) is 114 Å². The van der Waals surface area contributed by atoms with E-state index in [0.717, 1.165) is 33.2 Å². The molecular formula is C30H21FN6O. The third kappa shape index (κ3) is 4.16. The van der Waals surface area contributed by atoms with Gasteiger partial charge in [-0.05, 0) is 66.9 Å². The van der Waals surface area contributed by atoms with Gasteiger partial charge < -0.3 is 9.88 Å². The van der Waals surface area contributed by atoms with Gasteiger partial charge in [0.2, 0.25) is 5.95 Å². The van der Waals surface area contributed by atoms with Crippen LogP contribution in [-0.4, -0.2) is 30.1 Å². The number of anilines is 1. The highest BCUT2D eigenvalue weighted by Gasteiger charge is 2.15. The van der Waals surface area contributed by atoms with E-state index >= 15 is 0 Å². The van der Waals surface area contributed by atoms with Gasteiger partial charge in [0, 0.05) is 59.0 Å². The Balaban J connectivity index is 1.27. The second-order valence-electron chi connectivity index (χ2n) is 8.90. The Bertz CT molecular complexity index is 1920. The van der Waals surface area contributed by atoms with Crippen molar-refractivity contribution in [2.24, 2.45) is 7.05 Å². The van der Waals surface area contributed by atoms with Crippen molar-refractivity contribution in [1.29, 1.82) is 0 Å². The third-order valence-corrected chi connectivity index (χ3v) is 6.40. The number of aryl methyl sites for hydroxylation is 2. The second kappa shape index (κ2) is 9.30. The number of aromatic nitrogens is 5. The molecule has 184 valence electrons. The first-order valence-corrected chi connectivity index (χ1v) is 11.9. The molecule has 0 aliphatic heterocycles. The number of benzene rings is 2. The highest BCUT2D eigenvalue weighted by atomic mass is 19.1. The second-order valence-corrected chi connectivity index (χ2v) is 8.90. The molecule has 0 aliphatic carbocycles. The van der Waals surface area contributed by atoms with Gasteiger partial charge in [0.1, 0.15) is 5.69 Å². The summed E-state index contributed by atoms with van der Waals surface area (Å²) in [4.78, 5) is 21.2. The molecule has 7 nitrogen and oxygen atoms in total. The quantitative estimate of drug-likeness (QED) is 0.261. The minimum absolute atomic E-state index is 0.253. The molecule has 0 fully saturated rings. The standard InChI is InChI=1S/C30H21FN6O/c1-19-7-8-21(15-20(19)9-11-23-17-33-28-6-4-14-34-37(23)28)30(38)35-22-10-12-24-26(18-36(2)27(24)16-22)25-5-3-13-32-29(25)31/h3-8,10,12-18H,1-2H3,(H,35,38). The molecule has 0 aliphatic rings. The average Bonchev–Trinajstić information content (AvgIpc) is 3.49. The molecule has 6 rings (SSSR count). The Labute approximate surface area is 217 Å². The number of amides is 1. The molecule has 6 aromatic rings. The van der Waals surface area contributed by atoms with Crippen molar-refractivity contribution >= 4 is 28.1 Å². The Morgan fingerprint density at radius 2 is 1.84 bits per heavy atom. The molecule has 1 N–H and O–H groups in total. The summed E-state index contributed by atoms with van der Waals surface area (Å²) in [6.07, 6.45) is 6.65. The maximum Gasteiger partial charge on any atom is 0.255 e. The summed E-state index contributed by atoms with van der Waals surface area (Å²) >= 11 is 0. The molecule has 38 heavy (non-hydrogen) atoms. The van der Waals surface area contributed by atoms with E-state index in [-0.39, 0.29) is 5.91 Å². The number of pyridine rings is 1. The number of nitrogens with one attached hydrogen (secondary N) is 1. The predicted octanol–water partition coefficient (Wildman–Crippen LogP) is 5.38. The topological polar surface area (TPSA) is 77.1 Å². The van der Waals surface area contributed by atoms with Crippen molar-refractivity contribution in [2.75, 3.05) is 5.32 Å². The van der Waals surface area contributed by atoms with Crippen LogP contribution < -0.4 is 5.32 Å². The number of rotatable bonds is 3. The number of halogens is 1. The van der Waals surface area contributed by atoms with Gasteiger partial charge in [0.25, 0.3) is 5.91 Å². The van der Waals surface area contributed by atoms with E-state index in [1.165, 1.54) is 6.20 Å². The maximum atomic E-state index is 14.3. The fourth-order valence-corrected chi connectivity index (χ4v) is 4.41. The molecule has 0 bridgehead atoms. The zero-order valence-electron chi connectivity index (χ0n) is 20.6. The summed E-state index contributed by atoms with van der Waals surface area (Å²) in [5, 5.41) is 8.12. The molecule has 2 aromatic carbocycles. The normalized spacial score (nSPS) is 10.9. The largest absolute Gasteiger partial charge is 0.350 e. The van der Waals surface area contributed by atoms with Gasteiger partial charge in [-0.25, -0.2) is 14.5 Å².